The lowest BCUT2D eigenvalue weighted by Crippen LogP contribution is -2.26. The molecule has 0 bridgehead atoms. The van der Waals surface area contributed by atoms with Crippen LogP contribution in [-0.2, 0) is 4.84 Å². The van der Waals surface area contributed by atoms with E-state index >= 15 is 0 Å². The second kappa shape index (κ2) is 4.28. The summed E-state index contributed by atoms with van der Waals surface area (Å²) in [5, 5.41) is 1.82. The fraction of sp³-hybridized carbons (Fsp3) is 0.500. The number of nitrogens with zero attached hydrogens (tertiary/aromatic N) is 2. The van der Waals surface area contributed by atoms with E-state index < -0.39 is 0 Å². The number of hydroxylamine groups is 2. The second-order valence-corrected chi connectivity index (χ2v) is 4.31. The van der Waals surface area contributed by atoms with Crippen LogP contribution in [0.4, 0.5) is 0 Å². The summed E-state index contributed by atoms with van der Waals surface area (Å²) < 4.78 is 1.12. The Morgan fingerprint density at radius 3 is 3.29 bits per heavy atom. The molecule has 0 aliphatic carbocycles. The zero-order chi connectivity index (χ0) is 9.97. The minimum Gasteiger partial charge on any atom is -0.283 e. The van der Waals surface area contributed by atoms with E-state index in [1.54, 1.807) is 0 Å². The first-order chi connectivity index (χ1) is 6.81. The Hall–Kier alpha value is -0.610. The van der Waals surface area contributed by atoms with E-state index in [9.17, 15) is 0 Å². The molecule has 14 heavy (non-hydrogen) atoms. The number of halogens is 1. The summed E-state index contributed by atoms with van der Waals surface area (Å²) in [5.74, 6) is 0. The van der Waals surface area contributed by atoms with Crippen molar-refractivity contribution in [2.75, 3.05) is 13.2 Å². The Morgan fingerprint density at radius 1 is 1.64 bits per heavy atom. The molecule has 0 fully saturated rings. The van der Waals surface area contributed by atoms with Crippen molar-refractivity contribution in [2.24, 2.45) is 4.99 Å². The molecule has 0 aromatic heterocycles. The molecule has 0 radical (unpaired) electrons. The average molecular weight is 257 g/mol. The highest BCUT2D eigenvalue weighted by Gasteiger charge is 2.23. The van der Waals surface area contributed by atoms with E-state index in [0.29, 0.717) is 0 Å². The number of hydrogen-bond acceptors (Lipinski definition) is 3. The normalized spacial score (nSPS) is 20.1. The van der Waals surface area contributed by atoms with Gasteiger partial charge in [-0.1, -0.05) is 22.9 Å². The molecule has 0 atom stereocenters. The summed E-state index contributed by atoms with van der Waals surface area (Å²) in [6.07, 6.45) is 5.98. The first kappa shape index (κ1) is 9.93. The van der Waals surface area contributed by atoms with Crippen LogP contribution in [0.2, 0.25) is 0 Å². The summed E-state index contributed by atoms with van der Waals surface area (Å²) in [7, 11) is 0. The van der Waals surface area contributed by atoms with E-state index in [1.807, 2.05) is 11.3 Å². The molecule has 76 valence electrons. The minimum absolute atomic E-state index is 0.737. The van der Waals surface area contributed by atoms with Crippen molar-refractivity contribution >= 4 is 21.6 Å². The van der Waals surface area contributed by atoms with Gasteiger partial charge in [-0.15, -0.1) is 0 Å². The van der Waals surface area contributed by atoms with Crippen LogP contribution in [0.1, 0.15) is 19.8 Å². The molecule has 4 heteroatoms. The lowest BCUT2D eigenvalue weighted by molar-refractivity contribution is -0.0881. The first-order valence-electron chi connectivity index (χ1n) is 4.83. The van der Waals surface area contributed by atoms with Gasteiger partial charge in [0.2, 0.25) is 0 Å². The monoisotopic (exact) mass is 256 g/mol. The second-order valence-electron chi connectivity index (χ2n) is 3.29. The van der Waals surface area contributed by atoms with Gasteiger partial charge in [0.25, 0.3) is 0 Å². The number of hydrogen-bond donors (Lipinski definition) is 0. The van der Waals surface area contributed by atoms with Crippen molar-refractivity contribution in [3.05, 3.63) is 22.5 Å². The quantitative estimate of drug-likeness (QED) is 0.776. The highest BCUT2D eigenvalue weighted by molar-refractivity contribution is 9.11. The smallest absolute Gasteiger partial charge is 0.0881 e. The molecule has 2 aliphatic rings. The zero-order valence-electron chi connectivity index (χ0n) is 8.16. The molecular formula is C10H13BrN2O. The standard InChI is InChI=1S/C10H13BrN2O/c1-2-5-14-13-7-8(11)6-9-10(13)3-4-12-9/h3,7H,2,4-6H2,1H3. The van der Waals surface area contributed by atoms with Crippen LogP contribution in [0, 0.1) is 0 Å². The highest BCUT2D eigenvalue weighted by Crippen LogP contribution is 2.28. The fourth-order valence-corrected chi connectivity index (χ4v) is 1.96. The van der Waals surface area contributed by atoms with Crippen LogP contribution in [-0.4, -0.2) is 23.9 Å². The van der Waals surface area contributed by atoms with Crippen LogP contribution in [0.25, 0.3) is 0 Å². The predicted molar refractivity (Wildman–Crippen MR) is 60.1 cm³/mol. The third-order valence-corrected chi connectivity index (χ3v) is 2.61. The summed E-state index contributed by atoms with van der Waals surface area (Å²) in [5.41, 5.74) is 2.23. The van der Waals surface area contributed by atoms with Crippen molar-refractivity contribution in [1.82, 2.24) is 5.06 Å². The van der Waals surface area contributed by atoms with Gasteiger partial charge in [0.15, 0.2) is 0 Å². The van der Waals surface area contributed by atoms with E-state index in [0.717, 1.165) is 41.9 Å². The van der Waals surface area contributed by atoms with Gasteiger partial charge < -0.3 is 0 Å². The highest BCUT2D eigenvalue weighted by atomic mass is 79.9. The Balaban J connectivity index is 2.13. The Morgan fingerprint density at radius 2 is 2.50 bits per heavy atom. The molecule has 0 aromatic carbocycles. The van der Waals surface area contributed by atoms with Gasteiger partial charge in [-0.2, -0.15) is 0 Å². The number of rotatable bonds is 3. The molecule has 0 saturated heterocycles. The summed E-state index contributed by atoms with van der Waals surface area (Å²) >= 11 is 3.49. The third kappa shape index (κ3) is 1.91. The van der Waals surface area contributed by atoms with Gasteiger partial charge in [-0.05, 0) is 12.5 Å². The van der Waals surface area contributed by atoms with E-state index in [1.165, 1.54) is 0 Å². The molecule has 2 heterocycles. The molecule has 3 nitrogen and oxygen atoms in total. The average Bonchev–Trinajstić information content (AvgIpc) is 2.61. The minimum atomic E-state index is 0.737. The number of fused-ring (bicyclic) bond motifs is 1. The molecular weight excluding hydrogens is 244 g/mol. The maximum absolute atomic E-state index is 5.59. The number of allylic oxidation sites excluding steroid dienone is 2. The maximum atomic E-state index is 5.59. The lowest BCUT2D eigenvalue weighted by Gasteiger charge is -2.26. The topological polar surface area (TPSA) is 24.8 Å². The van der Waals surface area contributed by atoms with Crippen molar-refractivity contribution in [1.29, 1.82) is 0 Å². The SMILES string of the molecule is CCCON1C=C(Br)CC2=NCC=C21. The van der Waals surface area contributed by atoms with E-state index in [2.05, 4.69) is 33.9 Å². The van der Waals surface area contributed by atoms with E-state index in [-0.39, 0.29) is 0 Å². The van der Waals surface area contributed by atoms with Gasteiger partial charge >= 0.3 is 0 Å². The number of aliphatic imine (C=N–C) groups is 1. The van der Waals surface area contributed by atoms with Crippen LogP contribution in [0.15, 0.2) is 27.4 Å². The van der Waals surface area contributed by atoms with Crippen LogP contribution >= 0.6 is 15.9 Å². The molecule has 2 rings (SSSR count). The van der Waals surface area contributed by atoms with Crippen LogP contribution < -0.4 is 0 Å². The predicted octanol–water partition coefficient (Wildman–Crippen LogP) is 2.61. The van der Waals surface area contributed by atoms with Crippen molar-refractivity contribution < 1.29 is 4.84 Å². The Labute approximate surface area is 92.2 Å². The molecule has 0 N–H and O–H groups in total. The first-order valence-corrected chi connectivity index (χ1v) is 5.62. The van der Waals surface area contributed by atoms with Crippen molar-refractivity contribution in [3.8, 4) is 0 Å². The van der Waals surface area contributed by atoms with Gasteiger partial charge in [0.1, 0.15) is 0 Å². The van der Waals surface area contributed by atoms with Crippen molar-refractivity contribution in [3.63, 3.8) is 0 Å². The summed E-state index contributed by atoms with van der Waals surface area (Å²) in [6, 6.07) is 0. The van der Waals surface area contributed by atoms with Crippen molar-refractivity contribution in [2.45, 2.75) is 19.8 Å². The zero-order valence-corrected chi connectivity index (χ0v) is 9.75. The Kier molecular flexibility index (Phi) is 3.03. The van der Waals surface area contributed by atoms with E-state index in [4.69, 9.17) is 4.84 Å². The maximum Gasteiger partial charge on any atom is 0.0881 e. The molecule has 0 unspecified atom stereocenters. The lowest BCUT2D eigenvalue weighted by atomic mass is 10.1. The third-order valence-electron chi connectivity index (χ3n) is 2.13. The molecule has 0 spiro atoms. The molecule has 0 amide bonds. The van der Waals surface area contributed by atoms with Gasteiger partial charge in [-0.25, -0.2) is 5.06 Å². The largest absolute Gasteiger partial charge is 0.283 e. The molecule has 0 aromatic rings. The summed E-state index contributed by atoms with van der Waals surface area (Å²) in [6.45, 7) is 3.62. The van der Waals surface area contributed by atoms with Gasteiger partial charge in [-0.3, -0.25) is 9.83 Å². The van der Waals surface area contributed by atoms with Gasteiger partial charge in [0.05, 0.1) is 24.6 Å². The molecule has 2 aliphatic heterocycles. The van der Waals surface area contributed by atoms with Gasteiger partial charge in [0, 0.05) is 17.1 Å². The van der Waals surface area contributed by atoms with Crippen LogP contribution in [0.3, 0.4) is 0 Å². The van der Waals surface area contributed by atoms with Crippen LogP contribution in [0.5, 0.6) is 0 Å². The molecule has 0 saturated carbocycles. The summed E-state index contributed by atoms with van der Waals surface area (Å²) in [4.78, 5) is 9.99. The fourth-order valence-electron chi connectivity index (χ4n) is 1.50. The Bertz CT molecular complexity index is 320.